The fourth-order valence-corrected chi connectivity index (χ4v) is 3.39. The van der Waals surface area contributed by atoms with Crippen LogP contribution in [0, 0.1) is 11.8 Å². The fraction of sp³-hybridized carbons (Fsp3) is 0.929. The average molecular weight is 254 g/mol. The summed E-state index contributed by atoms with van der Waals surface area (Å²) >= 11 is 0. The highest BCUT2D eigenvalue weighted by atomic mass is 16.5. The summed E-state index contributed by atoms with van der Waals surface area (Å²) in [5, 5.41) is 3.44. The largest absolute Gasteiger partial charge is 0.381 e. The molecule has 0 aromatic carbocycles. The number of nitrogens with zero attached hydrogens (tertiary/aromatic N) is 1. The molecule has 2 atom stereocenters. The van der Waals surface area contributed by atoms with Crippen LogP contribution < -0.4 is 5.32 Å². The van der Waals surface area contributed by atoms with E-state index in [4.69, 9.17) is 4.74 Å². The van der Waals surface area contributed by atoms with Crippen LogP contribution in [0.1, 0.15) is 33.6 Å². The van der Waals surface area contributed by atoms with E-state index in [1.807, 2.05) is 0 Å². The lowest BCUT2D eigenvalue weighted by molar-refractivity contribution is -0.136. The van der Waals surface area contributed by atoms with Gasteiger partial charge in [0.15, 0.2) is 0 Å². The Bertz CT molecular complexity index is 304. The number of amides is 1. The van der Waals surface area contributed by atoms with Gasteiger partial charge in [0.25, 0.3) is 0 Å². The van der Waals surface area contributed by atoms with Crippen LogP contribution in [0.2, 0.25) is 0 Å². The lowest BCUT2D eigenvalue weighted by atomic mass is 9.85. The standard InChI is InChI=1S/C14H26N2O2/c1-4-6-18-7-5-13(17)16-10-11-8-15-9-12(11)14(16,2)3/h11-12,15H,4-10H2,1-3H3. The van der Waals surface area contributed by atoms with Crippen LogP contribution in [0.3, 0.4) is 0 Å². The van der Waals surface area contributed by atoms with E-state index in [9.17, 15) is 4.79 Å². The predicted octanol–water partition coefficient (Wildman–Crippen LogP) is 1.26. The van der Waals surface area contributed by atoms with Gasteiger partial charge in [0, 0.05) is 31.8 Å². The zero-order valence-corrected chi connectivity index (χ0v) is 11.9. The molecule has 4 heteroatoms. The number of likely N-dealkylation sites (tertiary alicyclic amines) is 1. The monoisotopic (exact) mass is 254 g/mol. The van der Waals surface area contributed by atoms with Crippen LogP contribution in [0.4, 0.5) is 0 Å². The molecule has 0 aliphatic carbocycles. The molecule has 4 nitrogen and oxygen atoms in total. The van der Waals surface area contributed by atoms with Gasteiger partial charge in [0.1, 0.15) is 0 Å². The number of hydrogen-bond donors (Lipinski definition) is 1. The van der Waals surface area contributed by atoms with Gasteiger partial charge in [0.2, 0.25) is 5.91 Å². The van der Waals surface area contributed by atoms with Crippen molar-refractivity contribution in [2.75, 3.05) is 32.8 Å². The maximum atomic E-state index is 12.3. The molecule has 2 heterocycles. The highest BCUT2D eigenvalue weighted by molar-refractivity contribution is 5.77. The first-order chi connectivity index (χ1) is 8.57. The molecule has 1 amide bonds. The minimum absolute atomic E-state index is 0.00396. The maximum absolute atomic E-state index is 12.3. The molecule has 1 N–H and O–H groups in total. The summed E-state index contributed by atoms with van der Waals surface area (Å²) in [6.07, 6.45) is 1.54. The first kappa shape index (κ1) is 13.8. The van der Waals surface area contributed by atoms with Crippen molar-refractivity contribution >= 4 is 5.91 Å². The van der Waals surface area contributed by atoms with E-state index in [-0.39, 0.29) is 11.4 Å². The summed E-state index contributed by atoms with van der Waals surface area (Å²) in [6, 6.07) is 0. The van der Waals surface area contributed by atoms with Crippen molar-refractivity contribution in [3.05, 3.63) is 0 Å². The average Bonchev–Trinajstić information content (AvgIpc) is 2.87. The van der Waals surface area contributed by atoms with Gasteiger partial charge in [-0.15, -0.1) is 0 Å². The molecule has 0 bridgehead atoms. The smallest absolute Gasteiger partial charge is 0.225 e. The van der Waals surface area contributed by atoms with Crippen LogP contribution in [0.15, 0.2) is 0 Å². The van der Waals surface area contributed by atoms with E-state index in [1.54, 1.807) is 0 Å². The number of carbonyl (C=O) groups is 1. The van der Waals surface area contributed by atoms with Gasteiger partial charge >= 0.3 is 0 Å². The van der Waals surface area contributed by atoms with E-state index in [0.717, 1.165) is 32.7 Å². The summed E-state index contributed by atoms with van der Waals surface area (Å²) < 4.78 is 5.42. The van der Waals surface area contributed by atoms with E-state index >= 15 is 0 Å². The number of nitrogens with one attached hydrogen (secondary N) is 1. The second-order valence-electron chi connectivity index (χ2n) is 6.05. The minimum atomic E-state index is -0.00396. The molecule has 2 unspecified atom stereocenters. The second-order valence-corrected chi connectivity index (χ2v) is 6.05. The molecule has 2 rings (SSSR count). The molecule has 0 radical (unpaired) electrons. The zero-order valence-electron chi connectivity index (χ0n) is 11.9. The number of rotatable bonds is 5. The third-order valence-corrected chi connectivity index (χ3v) is 4.47. The third-order valence-electron chi connectivity index (χ3n) is 4.47. The fourth-order valence-electron chi connectivity index (χ4n) is 3.39. The minimum Gasteiger partial charge on any atom is -0.381 e. The van der Waals surface area contributed by atoms with Crippen molar-refractivity contribution in [2.24, 2.45) is 11.8 Å². The molecule has 0 aromatic heterocycles. The Kier molecular flexibility index (Phi) is 4.28. The van der Waals surface area contributed by atoms with Crippen molar-refractivity contribution in [1.29, 1.82) is 0 Å². The van der Waals surface area contributed by atoms with E-state index in [0.29, 0.717) is 24.9 Å². The van der Waals surface area contributed by atoms with Gasteiger partial charge in [-0.1, -0.05) is 6.92 Å². The van der Waals surface area contributed by atoms with Crippen LogP contribution >= 0.6 is 0 Å². The van der Waals surface area contributed by atoms with Gasteiger partial charge in [-0.2, -0.15) is 0 Å². The molecule has 2 aliphatic heterocycles. The number of hydrogen-bond acceptors (Lipinski definition) is 3. The lowest BCUT2D eigenvalue weighted by Gasteiger charge is -2.35. The van der Waals surface area contributed by atoms with Crippen molar-refractivity contribution in [3.8, 4) is 0 Å². The van der Waals surface area contributed by atoms with E-state index < -0.39 is 0 Å². The Morgan fingerprint density at radius 1 is 1.39 bits per heavy atom. The molecule has 2 fully saturated rings. The van der Waals surface area contributed by atoms with Gasteiger partial charge in [-0.25, -0.2) is 0 Å². The SMILES string of the molecule is CCCOCCC(=O)N1CC2CNCC2C1(C)C. The zero-order chi connectivity index (χ0) is 13.2. The molecule has 18 heavy (non-hydrogen) atoms. The van der Waals surface area contributed by atoms with Crippen molar-refractivity contribution in [1.82, 2.24) is 10.2 Å². The topological polar surface area (TPSA) is 41.6 Å². The molecule has 0 saturated carbocycles. The second kappa shape index (κ2) is 5.57. The van der Waals surface area contributed by atoms with Gasteiger partial charge < -0.3 is 15.0 Å². The summed E-state index contributed by atoms with van der Waals surface area (Å²) in [6.45, 7) is 10.8. The molecule has 0 aromatic rings. The normalized spacial score (nSPS) is 29.6. The molecule has 0 spiro atoms. The maximum Gasteiger partial charge on any atom is 0.225 e. The van der Waals surface area contributed by atoms with Gasteiger partial charge in [0.05, 0.1) is 13.0 Å². The van der Waals surface area contributed by atoms with Crippen LogP contribution in [0.5, 0.6) is 0 Å². The van der Waals surface area contributed by atoms with Crippen molar-refractivity contribution in [3.63, 3.8) is 0 Å². The van der Waals surface area contributed by atoms with Crippen LogP contribution in [-0.4, -0.2) is 49.2 Å². The first-order valence-electron chi connectivity index (χ1n) is 7.16. The lowest BCUT2D eigenvalue weighted by Crippen LogP contribution is -2.47. The molecular formula is C14H26N2O2. The van der Waals surface area contributed by atoms with Crippen molar-refractivity contribution in [2.45, 2.75) is 39.2 Å². The van der Waals surface area contributed by atoms with Gasteiger partial charge in [-0.3, -0.25) is 4.79 Å². The number of ether oxygens (including phenoxy) is 1. The van der Waals surface area contributed by atoms with E-state index in [1.165, 1.54) is 0 Å². The Morgan fingerprint density at radius 3 is 2.83 bits per heavy atom. The summed E-state index contributed by atoms with van der Waals surface area (Å²) in [5.41, 5.74) is -0.00396. The summed E-state index contributed by atoms with van der Waals surface area (Å²) in [4.78, 5) is 14.4. The quantitative estimate of drug-likeness (QED) is 0.751. The van der Waals surface area contributed by atoms with Crippen LogP contribution in [-0.2, 0) is 9.53 Å². The Labute approximate surface area is 110 Å². The van der Waals surface area contributed by atoms with E-state index in [2.05, 4.69) is 31.0 Å². The Balaban J connectivity index is 1.87. The Morgan fingerprint density at radius 2 is 2.17 bits per heavy atom. The molecule has 2 saturated heterocycles. The summed E-state index contributed by atoms with van der Waals surface area (Å²) in [7, 11) is 0. The number of fused-ring (bicyclic) bond motifs is 1. The highest BCUT2D eigenvalue weighted by Gasteiger charge is 2.50. The highest BCUT2D eigenvalue weighted by Crippen LogP contribution is 2.40. The molecule has 2 aliphatic rings. The molecule has 104 valence electrons. The number of carbonyl (C=O) groups excluding carboxylic acids is 1. The third kappa shape index (κ3) is 2.54. The van der Waals surface area contributed by atoms with Crippen LogP contribution in [0.25, 0.3) is 0 Å². The first-order valence-corrected chi connectivity index (χ1v) is 7.16. The summed E-state index contributed by atoms with van der Waals surface area (Å²) in [5.74, 6) is 1.50. The molecular weight excluding hydrogens is 228 g/mol. The van der Waals surface area contributed by atoms with Gasteiger partial charge in [-0.05, 0) is 32.1 Å². The van der Waals surface area contributed by atoms with Crippen molar-refractivity contribution < 1.29 is 9.53 Å². The Hall–Kier alpha value is -0.610. The predicted molar refractivity (Wildman–Crippen MR) is 71.4 cm³/mol.